The summed E-state index contributed by atoms with van der Waals surface area (Å²) >= 11 is 1.36. The number of benzene rings is 2. The third kappa shape index (κ3) is 6.50. The number of anilines is 1. The Morgan fingerprint density at radius 1 is 1.12 bits per heavy atom. The number of hydrogen-bond acceptors (Lipinski definition) is 5. The molecule has 3 rings (SSSR count). The number of hydrogen-bond donors (Lipinski definition) is 1. The number of amides is 1. The topological polar surface area (TPSA) is 69.0 Å². The molecular weight excluding hydrogens is 444 g/mol. The van der Waals surface area contributed by atoms with E-state index in [1.54, 1.807) is 6.08 Å². The molecule has 0 aliphatic carbocycles. The summed E-state index contributed by atoms with van der Waals surface area (Å²) in [5.74, 6) is 2.14. The number of aryl methyl sites for hydroxylation is 2. The normalized spacial score (nSPS) is 11.0. The molecule has 3 aromatic rings. The fraction of sp³-hybridized carbons (Fsp3) is 0.370. The summed E-state index contributed by atoms with van der Waals surface area (Å²) in [6.45, 7) is 13.2. The number of carbonyl (C=O) groups excluding carboxylic acids is 1. The van der Waals surface area contributed by atoms with Crippen molar-refractivity contribution < 1.29 is 9.53 Å². The molecule has 0 bridgehead atoms. The molecule has 0 saturated carbocycles. The molecule has 180 valence electrons. The van der Waals surface area contributed by atoms with E-state index in [0.29, 0.717) is 30.1 Å². The smallest absolute Gasteiger partial charge is 0.234 e. The van der Waals surface area contributed by atoms with E-state index in [1.807, 2.05) is 22.8 Å². The van der Waals surface area contributed by atoms with Gasteiger partial charge in [-0.15, -0.1) is 16.8 Å². The molecule has 0 unspecified atom stereocenters. The maximum atomic E-state index is 12.7. The van der Waals surface area contributed by atoms with Crippen LogP contribution in [0.3, 0.4) is 0 Å². The minimum atomic E-state index is -0.0585. The van der Waals surface area contributed by atoms with Crippen molar-refractivity contribution in [1.82, 2.24) is 14.8 Å². The van der Waals surface area contributed by atoms with Crippen LogP contribution < -0.4 is 10.1 Å². The molecule has 1 aromatic heterocycles. The molecule has 0 fully saturated rings. The highest BCUT2D eigenvalue weighted by Crippen LogP contribution is 2.24. The van der Waals surface area contributed by atoms with Gasteiger partial charge < -0.3 is 10.1 Å². The van der Waals surface area contributed by atoms with E-state index in [1.165, 1.54) is 17.3 Å². The van der Waals surface area contributed by atoms with Gasteiger partial charge in [-0.1, -0.05) is 75.9 Å². The lowest BCUT2D eigenvalue weighted by Crippen LogP contribution is -2.17. The van der Waals surface area contributed by atoms with Crippen LogP contribution in [0.25, 0.3) is 0 Å². The second-order valence-corrected chi connectivity index (χ2v) is 9.25. The van der Waals surface area contributed by atoms with Crippen LogP contribution in [0.5, 0.6) is 5.75 Å². The molecule has 2 aromatic carbocycles. The molecule has 0 saturated heterocycles. The zero-order valence-corrected chi connectivity index (χ0v) is 21.3. The van der Waals surface area contributed by atoms with Crippen LogP contribution in [0.4, 0.5) is 5.69 Å². The molecular formula is C27H34N4O2S. The highest BCUT2D eigenvalue weighted by atomic mass is 32.2. The minimum absolute atomic E-state index is 0.0585. The van der Waals surface area contributed by atoms with Gasteiger partial charge >= 0.3 is 0 Å². The number of ether oxygens (including phenoxy) is 1. The Morgan fingerprint density at radius 2 is 1.79 bits per heavy atom. The van der Waals surface area contributed by atoms with Crippen molar-refractivity contribution >= 4 is 23.4 Å². The molecule has 0 spiro atoms. The van der Waals surface area contributed by atoms with Crippen LogP contribution >= 0.6 is 11.8 Å². The number of rotatable bonds is 12. The summed E-state index contributed by atoms with van der Waals surface area (Å²) in [6.07, 6.45) is 3.53. The molecule has 0 radical (unpaired) electrons. The summed E-state index contributed by atoms with van der Waals surface area (Å²) in [5, 5.41) is 12.4. The number of allylic oxidation sites excluding steroid dienone is 1. The van der Waals surface area contributed by atoms with Gasteiger partial charge in [-0.05, 0) is 47.6 Å². The van der Waals surface area contributed by atoms with Gasteiger partial charge in [-0.3, -0.25) is 9.36 Å². The molecule has 6 nitrogen and oxygen atoms in total. The molecule has 34 heavy (non-hydrogen) atoms. The largest absolute Gasteiger partial charge is 0.486 e. The van der Waals surface area contributed by atoms with Crippen LogP contribution in [0.2, 0.25) is 0 Å². The lowest BCUT2D eigenvalue weighted by Gasteiger charge is -2.14. The number of nitrogens with one attached hydrogen (secondary N) is 1. The number of thioether (sulfide) groups is 1. The first kappa shape index (κ1) is 25.6. The Balaban J connectivity index is 1.64. The van der Waals surface area contributed by atoms with Crippen molar-refractivity contribution in [2.24, 2.45) is 0 Å². The summed E-state index contributed by atoms with van der Waals surface area (Å²) in [6, 6.07) is 14.3. The Hall–Kier alpha value is -3.06. The SMILES string of the molecule is C=CCn1c(COc2ccc(C(C)C)cc2)nnc1SCC(=O)Nc1c(CC)cccc1CC. The molecule has 1 heterocycles. The van der Waals surface area contributed by atoms with Crippen LogP contribution in [-0.4, -0.2) is 26.4 Å². The minimum Gasteiger partial charge on any atom is -0.486 e. The van der Waals surface area contributed by atoms with E-state index in [0.717, 1.165) is 35.4 Å². The Bertz CT molecular complexity index is 1080. The van der Waals surface area contributed by atoms with Crippen LogP contribution in [0.1, 0.15) is 56.1 Å². The summed E-state index contributed by atoms with van der Waals surface area (Å²) in [5.41, 5.74) is 4.50. The first-order valence-corrected chi connectivity index (χ1v) is 12.7. The van der Waals surface area contributed by atoms with Crippen LogP contribution in [0.15, 0.2) is 60.3 Å². The molecule has 0 aliphatic rings. The summed E-state index contributed by atoms with van der Waals surface area (Å²) in [7, 11) is 0. The predicted molar refractivity (Wildman–Crippen MR) is 140 cm³/mol. The standard InChI is InChI=1S/C27H34N4O2S/c1-6-16-31-24(17-33-23-14-12-22(13-15-23)19(4)5)29-30-27(31)34-18-25(32)28-26-20(7-2)10-9-11-21(26)8-3/h6,9-15,19H,1,7-8,16-18H2,2-5H3,(H,28,32). The zero-order valence-electron chi connectivity index (χ0n) is 20.5. The predicted octanol–water partition coefficient (Wildman–Crippen LogP) is 6.02. The second kappa shape index (κ2) is 12.4. The number of para-hydroxylation sites is 1. The monoisotopic (exact) mass is 478 g/mol. The van der Waals surface area contributed by atoms with Gasteiger partial charge in [0.15, 0.2) is 11.0 Å². The molecule has 0 aliphatic heterocycles. The lowest BCUT2D eigenvalue weighted by atomic mass is 10.0. The third-order valence-corrected chi connectivity index (χ3v) is 6.58. The fourth-order valence-corrected chi connectivity index (χ4v) is 4.42. The zero-order chi connectivity index (χ0) is 24.5. The number of carbonyl (C=O) groups is 1. The number of aromatic nitrogens is 3. The van der Waals surface area contributed by atoms with E-state index < -0.39 is 0 Å². The summed E-state index contributed by atoms with van der Waals surface area (Å²) < 4.78 is 7.87. The van der Waals surface area contributed by atoms with Gasteiger partial charge in [0.2, 0.25) is 5.91 Å². The van der Waals surface area contributed by atoms with Crippen LogP contribution in [0, 0.1) is 0 Å². The van der Waals surface area contributed by atoms with Crippen molar-refractivity contribution in [2.45, 2.75) is 64.8 Å². The van der Waals surface area contributed by atoms with Crippen molar-refractivity contribution in [3.63, 3.8) is 0 Å². The number of nitrogens with zero attached hydrogens (tertiary/aromatic N) is 3. The lowest BCUT2D eigenvalue weighted by molar-refractivity contribution is -0.113. The van der Waals surface area contributed by atoms with E-state index >= 15 is 0 Å². The van der Waals surface area contributed by atoms with E-state index in [-0.39, 0.29) is 11.7 Å². The van der Waals surface area contributed by atoms with Gasteiger partial charge in [-0.25, -0.2) is 0 Å². The molecule has 1 N–H and O–H groups in total. The van der Waals surface area contributed by atoms with Gasteiger partial charge in [0.25, 0.3) is 0 Å². The average molecular weight is 479 g/mol. The molecule has 1 amide bonds. The van der Waals surface area contributed by atoms with Gasteiger partial charge in [0.05, 0.1) is 5.75 Å². The van der Waals surface area contributed by atoms with Crippen LogP contribution in [-0.2, 0) is 30.8 Å². The Morgan fingerprint density at radius 3 is 2.38 bits per heavy atom. The Kier molecular flexibility index (Phi) is 9.33. The van der Waals surface area contributed by atoms with Crippen molar-refractivity contribution in [2.75, 3.05) is 11.1 Å². The van der Waals surface area contributed by atoms with Gasteiger partial charge in [0, 0.05) is 12.2 Å². The van der Waals surface area contributed by atoms with Crippen molar-refractivity contribution in [3.8, 4) is 5.75 Å². The maximum Gasteiger partial charge on any atom is 0.234 e. The fourth-order valence-electron chi connectivity index (χ4n) is 3.65. The first-order chi connectivity index (χ1) is 16.5. The highest BCUT2D eigenvalue weighted by Gasteiger charge is 2.16. The second-order valence-electron chi connectivity index (χ2n) is 8.31. The van der Waals surface area contributed by atoms with Gasteiger partial charge in [-0.2, -0.15) is 0 Å². The third-order valence-electron chi connectivity index (χ3n) is 5.62. The van der Waals surface area contributed by atoms with Gasteiger partial charge in [0.1, 0.15) is 12.4 Å². The quantitative estimate of drug-likeness (QED) is 0.255. The average Bonchev–Trinajstić information content (AvgIpc) is 3.23. The van der Waals surface area contributed by atoms with Crippen molar-refractivity contribution in [3.05, 3.63) is 77.6 Å². The molecule has 7 heteroatoms. The maximum absolute atomic E-state index is 12.7. The summed E-state index contributed by atoms with van der Waals surface area (Å²) in [4.78, 5) is 12.7. The molecule has 0 atom stereocenters. The van der Waals surface area contributed by atoms with Crippen molar-refractivity contribution in [1.29, 1.82) is 0 Å². The first-order valence-electron chi connectivity index (χ1n) is 11.8. The van der Waals surface area contributed by atoms with E-state index in [2.05, 4.69) is 74.1 Å². The van der Waals surface area contributed by atoms with E-state index in [9.17, 15) is 4.79 Å². The van der Waals surface area contributed by atoms with E-state index in [4.69, 9.17) is 4.74 Å². The Labute approximate surface area is 206 Å². The highest BCUT2D eigenvalue weighted by molar-refractivity contribution is 7.99.